The van der Waals surface area contributed by atoms with Crippen LogP contribution in [0.2, 0.25) is 0 Å². The van der Waals surface area contributed by atoms with Gasteiger partial charge in [-0.3, -0.25) is 9.59 Å². The minimum Gasteiger partial charge on any atom is -0.486 e. The Hall–Kier alpha value is -8.50. The summed E-state index contributed by atoms with van der Waals surface area (Å²) < 4.78 is 54.0. The number of benzene rings is 4. The zero-order valence-corrected chi connectivity index (χ0v) is 51.5. The Bertz CT molecular complexity index is 3540. The van der Waals surface area contributed by atoms with Crippen LogP contribution in [-0.4, -0.2) is 167 Å². The highest BCUT2D eigenvalue weighted by Gasteiger charge is 2.34. The number of aromatic nitrogens is 2. The molecule has 0 radical (unpaired) electrons. The number of ether oxygens (including phenoxy) is 9. The predicted octanol–water partition coefficient (Wildman–Crippen LogP) is 8.75. The molecule has 88 heavy (non-hydrogen) atoms. The summed E-state index contributed by atoms with van der Waals surface area (Å²) in [4.78, 5) is 83.6. The van der Waals surface area contributed by atoms with Crippen molar-refractivity contribution >= 4 is 45.9 Å². The number of carboxylic acids is 1. The van der Waals surface area contributed by atoms with Crippen molar-refractivity contribution in [3.8, 4) is 34.5 Å². The first-order valence-electron chi connectivity index (χ1n) is 30.3. The van der Waals surface area contributed by atoms with Gasteiger partial charge >= 0.3 is 24.1 Å². The van der Waals surface area contributed by atoms with Gasteiger partial charge in [-0.1, -0.05) is 24.3 Å². The van der Waals surface area contributed by atoms with Crippen molar-refractivity contribution in [2.24, 2.45) is 0 Å². The number of nitrogens with zero attached hydrogens (tertiary/aromatic N) is 6. The van der Waals surface area contributed by atoms with Crippen LogP contribution in [-0.2, 0) is 50.0 Å². The molecular weight excluding hydrogens is 1130 g/mol. The van der Waals surface area contributed by atoms with Gasteiger partial charge in [-0.15, -0.1) is 0 Å². The van der Waals surface area contributed by atoms with Crippen molar-refractivity contribution in [3.63, 3.8) is 0 Å². The molecule has 1 N–H and O–H groups in total. The Kier molecular flexibility index (Phi) is 21.1. The third-order valence-electron chi connectivity index (χ3n) is 15.4. The van der Waals surface area contributed by atoms with Crippen molar-refractivity contribution in [1.29, 1.82) is 0 Å². The normalized spacial score (nSPS) is 15.6. The average molecular weight is 1220 g/mol. The summed E-state index contributed by atoms with van der Waals surface area (Å²) in [5.41, 5.74) is 1.87. The fourth-order valence-corrected chi connectivity index (χ4v) is 11.3. The van der Waals surface area contributed by atoms with Crippen molar-refractivity contribution in [1.82, 2.24) is 28.7 Å². The number of carboxylic acid groups (broad SMARTS) is 1. The summed E-state index contributed by atoms with van der Waals surface area (Å²) in [6.45, 7) is 20.8. The molecule has 0 saturated carbocycles. The predicted molar refractivity (Wildman–Crippen MR) is 329 cm³/mol. The average Bonchev–Trinajstić information content (AvgIpc) is 2.79. The number of hydrogen-bond donors (Lipinski definition) is 1. The van der Waals surface area contributed by atoms with Crippen molar-refractivity contribution in [2.45, 2.75) is 124 Å². The van der Waals surface area contributed by atoms with Gasteiger partial charge in [0.2, 0.25) is 0 Å². The number of likely N-dealkylation sites (tertiary alicyclic amines) is 2. The van der Waals surface area contributed by atoms with Crippen molar-refractivity contribution in [3.05, 3.63) is 129 Å². The molecule has 0 spiro atoms. The second-order valence-corrected chi connectivity index (χ2v) is 24.1. The molecule has 22 nitrogen and oxygen atoms in total. The molecule has 4 aliphatic heterocycles. The fourth-order valence-electron chi connectivity index (χ4n) is 11.3. The summed E-state index contributed by atoms with van der Waals surface area (Å²) in [5, 5.41) is 10.4. The molecule has 0 aliphatic carbocycles. The Morgan fingerprint density at radius 3 is 1.34 bits per heavy atom. The van der Waals surface area contributed by atoms with Crippen molar-refractivity contribution in [2.75, 3.05) is 85.5 Å². The van der Waals surface area contributed by atoms with Gasteiger partial charge in [0.25, 0.3) is 11.1 Å². The number of carbonyl (C=O) groups excluding carboxylic acids is 3. The van der Waals surface area contributed by atoms with Crippen LogP contribution in [0, 0.1) is 0 Å². The topological polar surface area (TPSA) is 229 Å². The van der Waals surface area contributed by atoms with Gasteiger partial charge in [0.1, 0.15) is 49.1 Å². The Morgan fingerprint density at radius 2 is 0.943 bits per heavy atom. The van der Waals surface area contributed by atoms with Gasteiger partial charge in [-0.25, -0.2) is 19.2 Å². The largest absolute Gasteiger partial charge is 0.486 e. The van der Waals surface area contributed by atoms with E-state index in [0.29, 0.717) is 111 Å². The number of fused-ring (bicyclic) bond motifs is 4. The van der Waals surface area contributed by atoms with E-state index in [9.17, 15) is 28.8 Å². The maximum Gasteiger partial charge on any atom is 0.410 e. The summed E-state index contributed by atoms with van der Waals surface area (Å²) in [5.74, 6) is 2.25. The zero-order chi connectivity index (χ0) is 62.5. The summed E-state index contributed by atoms with van der Waals surface area (Å²) in [6.07, 6.45) is 2.41. The Balaban J connectivity index is 0.000000210. The van der Waals surface area contributed by atoms with E-state index >= 15 is 0 Å². The molecule has 6 heterocycles. The number of hydrogen-bond acceptors (Lipinski definition) is 17. The maximum atomic E-state index is 13.4. The molecule has 10 rings (SSSR count). The third kappa shape index (κ3) is 17.2. The maximum absolute atomic E-state index is 13.4. The van der Waals surface area contributed by atoms with E-state index in [1.807, 2.05) is 106 Å². The van der Waals surface area contributed by atoms with Gasteiger partial charge in [0.15, 0.2) is 36.2 Å². The van der Waals surface area contributed by atoms with Crippen LogP contribution in [0.4, 0.5) is 9.59 Å². The number of pyridine rings is 2. The molecule has 4 aromatic carbocycles. The minimum absolute atomic E-state index is 0.00341. The minimum atomic E-state index is -1.06. The van der Waals surface area contributed by atoms with Gasteiger partial charge in [0, 0.05) is 100 Å². The molecule has 22 heteroatoms. The number of piperidine rings is 2. The second kappa shape index (κ2) is 29.0. The number of amides is 2. The van der Waals surface area contributed by atoms with Crippen LogP contribution in [0.5, 0.6) is 34.5 Å². The quantitative estimate of drug-likeness (QED) is 0.0590. The monoisotopic (exact) mass is 1210 g/mol. The SMILES string of the molecule is CC(C)(C)OC(=O)N(Cc1ccc2c(c1)OCCO2)C1CCN(CCn2c(=O)ccc3c(OCC(=O)O)cccc32)CC1.CCOC(=O)COc1cccc2c1ccc(=O)n2CCN1CCC(N(Cc2ccc3c(c2)OCCO3)C(=O)OC(C)(C)C)CC1. The van der Waals surface area contributed by atoms with E-state index in [-0.39, 0.29) is 48.6 Å². The highest BCUT2D eigenvalue weighted by molar-refractivity contribution is 5.87. The molecule has 0 atom stereocenters. The molecule has 2 amide bonds. The van der Waals surface area contributed by atoms with E-state index in [2.05, 4.69) is 9.80 Å². The summed E-state index contributed by atoms with van der Waals surface area (Å²) in [6, 6.07) is 28.8. The van der Waals surface area contributed by atoms with Crippen LogP contribution in [0.15, 0.2) is 107 Å². The van der Waals surface area contributed by atoms with Gasteiger partial charge in [-0.2, -0.15) is 0 Å². The van der Waals surface area contributed by atoms with Crippen LogP contribution in [0.25, 0.3) is 21.8 Å². The first-order chi connectivity index (χ1) is 42.2. The highest BCUT2D eigenvalue weighted by atomic mass is 16.6. The molecule has 2 saturated heterocycles. The molecule has 0 unspecified atom stereocenters. The lowest BCUT2D eigenvalue weighted by atomic mass is 10.0. The molecular formula is C66H82N6O16. The van der Waals surface area contributed by atoms with Crippen molar-refractivity contribution < 1.29 is 66.9 Å². The highest BCUT2D eigenvalue weighted by Crippen LogP contribution is 2.35. The zero-order valence-electron chi connectivity index (χ0n) is 51.5. The summed E-state index contributed by atoms with van der Waals surface area (Å²) >= 11 is 0. The summed E-state index contributed by atoms with van der Waals surface area (Å²) in [7, 11) is 0. The van der Waals surface area contributed by atoms with Crippen LogP contribution < -0.4 is 39.5 Å². The van der Waals surface area contributed by atoms with E-state index < -0.39 is 29.7 Å². The van der Waals surface area contributed by atoms with Crippen LogP contribution in [0.1, 0.15) is 85.3 Å². The van der Waals surface area contributed by atoms with Crippen LogP contribution in [0.3, 0.4) is 0 Å². The van der Waals surface area contributed by atoms with Gasteiger partial charge < -0.3 is 76.5 Å². The number of rotatable bonds is 19. The first-order valence-corrected chi connectivity index (χ1v) is 30.3. The lowest BCUT2D eigenvalue weighted by Crippen LogP contribution is -2.49. The van der Waals surface area contributed by atoms with E-state index in [0.717, 1.165) is 73.9 Å². The second-order valence-electron chi connectivity index (χ2n) is 24.1. The Labute approximate surface area is 512 Å². The fraction of sp³-hybridized carbons (Fsp3) is 0.485. The van der Waals surface area contributed by atoms with E-state index in [1.54, 1.807) is 46.4 Å². The van der Waals surface area contributed by atoms with Gasteiger partial charge in [0.05, 0.1) is 17.6 Å². The molecule has 472 valence electrons. The van der Waals surface area contributed by atoms with Crippen LogP contribution >= 0.6 is 0 Å². The lowest BCUT2D eigenvalue weighted by Gasteiger charge is -2.39. The molecule has 4 aliphatic rings. The molecule has 0 bridgehead atoms. The standard InChI is InChI=1S/C34H43N3O8.C32H39N3O8/c1-5-41-32(39)23-44-28-8-6-7-27-26(28)10-12-31(38)36(27)18-17-35-15-13-25(14-16-35)37(33(40)45-34(2,3)4)22-24-9-11-29-30(21-24)43-20-19-42-29;1-32(2,3)43-31(39)35(20-22-7-9-27-28(19-22)41-18-17-40-27)23-11-13-33(14-12-23)15-16-34-25-5-4-6-26(42-21-30(37)38)24(25)8-10-29(34)36/h6-12,21,25H,5,13-20,22-23H2,1-4H3;4-10,19,23H,11-18,20-21H2,1-3H3,(H,37,38). The smallest absolute Gasteiger partial charge is 0.410 e. The van der Waals surface area contributed by atoms with Gasteiger partial charge in [-0.05, 0) is 146 Å². The third-order valence-corrected chi connectivity index (χ3v) is 15.4. The number of aliphatic carboxylic acids is 1. The molecule has 2 aromatic heterocycles. The van der Waals surface area contributed by atoms with E-state index in [1.165, 1.54) is 12.1 Å². The molecule has 6 aromatic rings. The Morgan fingerprint density at radius 1 is 0.534 bits per heavy atom. The van der Waals surface area contributed by atoms with E-state index in [4.69, 9.17) is 47.7 Å². The first kappa shape index (κ1) is 64.0. The lowest BCUT2D eigenvalue weighted by molar-refractivity contribution is -0.145. The number of carbonyl (C=O) groups is 4. The number of esters is 1. The molecule has 2 fully saturated rings.